The molecule has 0 aliphatic heterocycles. The van der Waals surface area contributed by atoms with Gasteiger partial charge in [0.15, 0.2) is 0 Å². The van der Waals surface area contributed by atoms with Crippen LogP contribution in [0.1, 0.15) is 58.3 Å². The largest absolute Gasteiger partial charge is 0.369 e. The third kappa shape index (κ3) is 3.32. The lowest BCUT2D eigenvalue weighted by atomic mass is 9.85. The van der Waals surface area contributed by atoms with Crippen molar-refractivity contribution in [1.29, 1.82) is 0 Å². The molecule has 0 unspecified atom stereocenters. The van der Waals surface area contributed by atoms with Crippen molar-refractivity contribution in [1.82, 2.24) is 5.32 Å². The molecule has 0 aromatic rings. The average Bonchev–Trinajstić information content (AvgIpc) is 2.89. The van der Waals surface area contributed by atoms with E-state index in [4.69, 9.17) is 10.5 Å². The number of nitrogens with two attached hydrogens (primary N) is 1. The van der Waals surface area contributed by atoms with Crippen LogP contribution in [0.4, 0.5) is 0 Å². The first kappa shape index (κ1) is 15.3. The minimum absolute atomic E-state index is 0.00645. The lowest BCUT2D eigenvalue weighted by Gasteiger charge is -2.33. The Morgan fingerprint density at radius 1 is 1.25 bits per heavy atom. The van der Waals surface area contributed by atoms with Gasteiger partial charge in [-0.05, 0) is 51.9 Å². The van der Waals surface area contributed by atoms with E-state index < -0.39 is 5.60 Å². The van der Waals surface area contributed by atoms with E-state index in [1.807, 2.05) is 6.92 Å². The molecule has 0 aromatic heterocycles. The maximum absolute atomic E-state index is 12.5. The van der Waals surface area contributed by atoms with Crippen LogP contribution in [0.25, 0.3) is 0 Å². The molecule has 0 aromatic carbocycles. The highest BCUT2D eigenvalue weighted by Crippen LogP contribution is 2.34. The number of hydrogen-bond acceptors (Lipinski definition) is 3. The minimum atomic E-state index is -0.631. The summed E-state index contributed by atoms with van der Waals surface area (Å²) in [5, 5.41) is 3.10. The van der Waals surface area contributed by atoms with E-state index in [9.17, 15) is 9.59 Å². The van der Waals surface area contributed by atoms with E-state index in [-0.39, 0.29) is 23.8 Å². The number of hydrogen-bond donors (Lipinski definition) is 2. The van der Waals surface area contributed by atoms with E-state index >= 15 is 0 Å². The molecule has 3 N–H and O–H groups in total. The Kier molecular flexibility index (Phi) is 5.02. The fourth-order valence-electron chi connectivity index (χ4n) is 3.56. The molecule has 2 aliphatic rings. The maximum Gasteiger partial charge on any atom is 0.252 e. The van der Waals surface area contributed by atoms with Crippen LogP contribution in [-0.2, 0) is 14.3 Å². The van der Waals surface area contributed by atoms with Crippen molar-refractivity contribution in [3.8, 4) is 0 Å². The van der Waals surface area contributed by atoms with Gasteiger partial charge in [-0.1, -0.05) is 6.42 Å². The van der Waals surface area contributed by atoms with Crippen LogP contribution >= 0.6 is 0 Å². The van der Waals surface area contributed by atoms with Crippen molar-refractivity contribution in [3.63, 3.8) is 0 Å². The van der Waals surface area contributed by atoms with Crippen molar-refractivity contribution in [3.05, 3.63) is 0 Å². The van der Waals surface area contributed by atoms with Crippen molar-refractivity contribution < 1.29 is 14.3 Å². The summed E-state index contributed by atoms with van der Waals surface area (Å²) in [7, 11) is 0. The number of rotatable bonds is 5. The van der Waals surface area contributed by atoms with Gasteiger partial charge in [-0.15, -0.1) is 0 Å². The monoisotopic (exact) mass is 282 g/mol. The summed E-state index contributed by atoms with van der Waals surface area (Å²) in [6, 6.07) is 0.0617. The van der Waals surface area contributed by atoms with Crippen LogP contribution < -0.4 is 11.1 Å². The molecular formula is C15H26N2O3. The Labute approximate surface area is 120 Å². The Hall–Kier alpha value is -1.10. The Balaban J connectivity index is 1.94. The highest BCUT2D eigenvalue weighted by molar-refractivity contribution is 5.86. The van der Waals surface area contributed by atoms with Crippen LogP contribution in [0, 0.1) is 5.92 Å². The molecular weight excluding hydrogens is 256 g/mol. The van der Waals surface area contributed by atoms with Crippen molar-refractivity contribution in [2.24, 2.45) is 11.7 Å². The van der Waals surface area contributed by atoms with Gasteiger partial charge in [-0.3, -0.25) is 9.59 Å². The first-order valence-corrected chi connectivity index (χ1v) is 7.81. The van der Waals surface area contributed by atoms with Crippen LogP contribution in [0.3, 0.4) is 0 Å². The van der Waals surface area contributed by atoms with E-state index in [1.54, 1.807) is 0 Å². The Bertz CT molecular complexity index is 364. The third-order valence-corrected chi connectivity index (χ3v) is 4.66. The van der Waals surface area contributed by atoms with Gasteiger partial charge in [0.2, 0.25) is 5.91 Å². The molecule has 5 nitrogen and oxygen atoms in total. The first-order chi connectivity index (χ1) is 9.57. The predicted molar refractivity (Wildman–Crippen MR) is 75.9 cm³/mol. The number of primary amides is 1. The molecule has 2 atom stereocenters. The van der Waals surface area contributed by atoms with Gasteiger partial charge >= 0.3 is 0 Å². The number of ether oxygens (including phenoxy) is 1. The third-order valence-electron chi connectivity index (χ3n) is 4.66. The van der Waals surface area contributed by atoms with E-state index in [2.05, 4.69) is 5.32 Å². The van der Waals surface area contributed by atoms with Gasteiger partial charge in [0.05, 0.1) is 0 Å². The normalized spacial score (nSPS) is 29.1. The average molecular weight is 282 g/mol. The molecule has 114 valence electrons. The van der Waals surface area contributed by atoms with Crippen LogP contribution in [0.5, 0.6) is 0 Å². The summed E-state index contributed by atoms with van der Waals surface area (Å²) >= 11 is 0. The summed E-state index contributed by atoms with van der Waals surface area (Å²) in [5.41, 5.74) is 4.75. The molecule has 5 heteroatoms. The van der Waals surface area contributed by atoms with Crippen LogP contribution in [0.15, 0.2) is 0 Å². The zero-order chi connectivity index (χ0) is 14.6. The SMILES string of the molecule is CCOC1(C(=O)N[C@@H]2CCC[C@H](C(N)=O)C2)CCCC1. The zero-order valence-electron chi connectivity index (χ0n) is 12.3. The smallest absolute Gasteiger partial charge is 0.252 e. The lowest BCUT2D eigenvalue weighted by Crippen LogP contribution is -2.51. The second kappa shape index (κ2) is 6.57. The van der Waals surface area contributed by atoms with Gasteiger partial charge in [-0.2, -0.15) is 0 Å². The fraction of sp³-hybridized carbons (Fsp3) is 0.867. The number of amides is 2. The Morgan fingerprint density at radius 2 is 1.95 bits per heavy atom. The standard InChI is InChI=1S/C15H26N2O3/c1-2-20-15(8-3-4-9-15)14(19)17-12-7-5-6-11(10-12)13(16)18/h11-12H,2-10H2,1H3,(H2,16,18)(H,17,19)/t11-,12+/m0/s1. The predicted octanol–water partition coefficient (Wildman–Crippen LogP) is 1.50. The first-order valence-electron chi connectivity index (χ1n) is 7.81. The minimum Gasteiger partial charge on any atom is -0.369 e. The molecule has 2 rings (SSSR count). The molecule has 0 heterocycles. The van der Waals surface area contributed by atoms with Crippen LogP contribution in [-0.4, -0.2) is 30.1 Å². The lowest BCUT2D eigenvalue weighted by molar-refractivity contribution is -0.147. The van der Waals surface area contributed by atoms with Gasteiger partial charge in [0.1, 0.15) is 5.60 Å². The summed E-state index contributed by atoms with van der Waals surface area (Å²) < 4.78 is 5.76. The summed E-state index contributed by atoms with van der Waals surface area (Å²) in [6.45, 7) is 2.49. The van der Waals surface area contributed by atoms with E-state index in [0.717, 1.165) is 44.9 Å². The van der Waals surface area contributed by atoms with E-state index in [1.165, 1.54) is 0 Å². The van der Waals surface area contributed by atoms with Gasteiger partial charge in [0.25, 0.3) is 5.91 Å². The molecule has 0 bridgehead atoms. The number of carbonyl (C=O) groups is 2. The Morgan fingerprint density at radius 3 is 2.55 bits per heavy atom. The fourth-order valence-corrected chi connectivity index (χ4v) is 3.56. The molecule has 0 saturated heterocycles. The maximum atomic E-state index is 12.5. The van der Waals surface area contributed by atoms with Crippen molar-refractivity contribution in [2.75, 3.05) is 6.61 Å². The zero-order valence-corrected chi connectivity index (χ0v) is 12.3. The summed E-state index contributed by atoms with van der Waals surface area (Å²) in [4.78, 5) is 23.8. The second-order valence-electron chi connectivity index (χ2n) is 6.07. The molecule has 20 heavy (non-hydrogen) atoms. The van der Waals surface area contributed by atoms with Crippen molar-refractivity contribution >= 4 is 11.8 Å². The summed E-state index contributed by atoms with van der Waals surface area (Å²) in [5.74, 6) is -0.336. The van der Waals surface area contributed by atoms with Gasteiger partial charge in [0, 0.05) is 18.6 Å². The molecule has 2 fully saturated rings. The quantitative estimate of drug-likeness (QED) is 0.801. The van der Waals surface area contributed by atoms with E-state index in [0.29, 0.717) is 13.0 Å². The molecule has 2 amide bonds. The van der Waals surface area contributed by atoms with Crippen molar-refractivity contribution in [2.45, 2.75) is 69.9 Å². The van der Waals surface area contributed by atoms with Crippen LogP contribution in [0.2, 0.25) is 0 Å². The molecule has 2 saturated carbocycles. The topological polar surface area (TPSA) is 81.4 Å². The highest BCUT2D eigenvalue weighted by atomic mass is 16.5. The molecule has 2 aliphatic carbocycles. The van der Waals surface area contributed by atoms with Gasteiger partial charge in [-0.25, -0.2) is 0 Å². The molecule has 0 spiro atoms. The number of nitrogens with one attached hydrogen (secondary N) is 1. The molecule has 0 radical (unpaired) electrons. The van der Waals surface area contributed by atoms with Gasteiger partial charge < -0.3 is 15.8 Å². The second-order valence-corrected chi connectivity index (χ2v) is 6.07. The number of carbonyl (C=O) groups excluding carboxylic acids is 2. The highest BCUT2D eigenvalue weighted by Gasteiger charge is 2.43. The summed E-state index contributed by atoms with van der Waals surface area (Å²) in [6.07, 6.45) is 7.08.